The second-order valence-electron chi connectivity index (χ2n) is 7.40. The second kappa shape index (κ2) is 6.51. The van der Waals surface area contributed by atoms with Gasteiger partial charge in [0, 0.05) is 42.5 Å². The molecule has 4 aromatic rings. The fourth-order valence-electron chi connectivity index (χ4n) is 4.19. The smallest absolute Gasteiger partial charge is 0.243 e. The van der Waals surface area contributed by atoms with Crippen LogP contribution in [0.5, 0.6) is 0 Å². The molecule has 1 atom stereocenters. The van der Waals surface area contributed by atoms with Crippen molar-refractivity contribution >= 4 is 39.4 Å². The Hall–Kier alpha value is -4.01. The average molecular weight is 400 g/mol. The topological polar surface area (TPSA) is 117 Å². The zero-order valence-electron chi connectivity index (χ0n) is 16.6. The fraction of sp³-hybridized carbons (Fsp3) is 0.190. The van der Waals surface area contributed by atoms with Crippen molar-refractivity contribution < 1.29 is 4.79 Å². The lowest BCUT2D eigenvalue weighted by Gasteiger charge is -2.24. The van der Waals surface area contributed by atoms with Crippen LogP contribution in [-0.2, 0) is 18.4 Å². The molecule has 30 heavy (non-hydrogen) atoms. The number of aromatic nitrogens is 6. The van der Waals surface area contributed by atoms with E-state index in [9.17, 15) is 4.79 Å². The first-order valence-electron chi connectivity index (χ1n) is 9.50. The largest absolute Gasteiger partial charge is 0.383 e. The van der Waals surface area contributed by atoms with Gasteiger partial charge in [0.1, 0.15) is 17.8 Å². The summed E-state index contributed by atoms with van der Waals surface area (Å²) in [6, 6.07) is 1.87. The van der Waals surface area contributed by atoms with Gasteiger partial charge >= 0.3 is 0 Å². The summed E-state index contributed by atoms with van der Waals surface area (Å²) < 4.78 is 3.82. The number of allylic oxidation sites excluding steroid dienone is 1. The Labute approximate surface area is 171 Å². The molecule has 0 aliphatic carbocycles. The van der Waals surface area contributed by atoms with Crippen molar-refractivity contribution in [3.8, 4) is 11.1 Å². The van der Waals surface area contributed by atoms with Gasteiger partial charge in [-0.05, 0) is 24.6 Å². The quantitative estimate of drug-likeness (QED) is 0.509. The summed E-state index contributed by atoms with van der Waals surface area (Å²) >= 11 is 0. The van der Waals surface area contributed by atoms with Gasteiger partial charge in [-0.1, -0.05) is 12.7 Å². The zero-order chi connectivity index (χ0) is 21.0. The van der Waals surface area contributed by atoms with Crippen molar-refractivity contribution in [2.75, 3.05) is 5.73 Å². The highest BCUT2D eigenvalue weighted by atomic mass is 16.1. The Bertz CT molecular complexity index is 1380. The number of aryl methyl sites for hydroxylation is 1. The van der Waals surface area contributed by atoms with Gasteiger partial charge in [-0.25, -0.2) is 15.0 Å². The van der Waals surface area contributed by atoms with Crippen molar-refractivity contribution in [3.63, 3.8) is 0 Å². The number of hydrogen-bond acceptors (Lipinski definition) is 6. The molecule has 4 aromatic heterocycles. The van der Waals surface area contributed by atoms with Gasteiger partial charge < -0.3 is 15.6 Å². The zero-order valence-corrected chi connectivity index (χ0v) is 16.6. The van der Waals surface area contributed by atoms with Crippen LogP contribution >= 0.6 is 0 Å². The van der Waals surface area contributed by atoms with Crippen LogP contribution < -0.4 is 11.1 Å². The van der Waals surface area contributed by atoms with Gasteiger partial charge in [-0.2, -0.15) is 5.10 Å². The van der Waals surface area contributed by atoms with Crippen LogP contribution in [-0.4, -0.2) is 41.2 Å². The molecule has 5 rings (SSSR count). The van der Waals surface area contributed by atoms with Crippen molar-refractivity contribution in [2.45, 2.75) is 19.5 Å². The molecule has 0 fully saturated rings. The van der Waals surface area contributed by atoms with Crippen molar-refractivity contribution in [2.24, 2.45) is 7.05 Å². The minimum absolute atomic E-state index is 0.179. The van der Waals surface area contributed by atoms with Crippen LogP contribution in [0.3, 0.4) is 0 Å². The van der Waals surface area contributed by atoms with Crippen LogP contribution in [0.25, 0.3) is 38.8 Å². The van der Waals surface area contributed by atoms with Crippen LogP contribution in [0.15, 0.2) is 43.5 Å². The highest BCUT2D eigenvalue weighted by Crippen LogP contribution is 2.41. The average Bonchev–Trinajstić information content (AvgIpc) is 3.25. The van der Waals surface area contributed by atoms with E-state index < -0.39 is 0 Å². The molecule has 1 aliphatic rings. The summed E-state index contributed by atoms with van der Waals surface area (Å²) in [6.45, 7) is 6.07. The predicted octanol–water partition coefficient (Wildman–Crippen LogP) is 2.05. The maximum absolute atomic E-state index is 11.8. The third kappa shape index (κ3) is 2.66. The summed E-state index contributed by atoms with van der Waals surface area (Å²) in [7, 11) is 1.87. The molecule has 1 aliphatic heterocycles. The van der Waals surface area contributed by atoms with Crippen LogP contribution in [0.1, 0.15) is 12.6 Å². The number of nitrogens with two attached hydrogens (primary N) is 1. The molecule has 0 spiro atoms. The van der Waals surface area contributed by atoms with Crippen molar-refractivity contribution in [3.05, 3.63) is 49.2 Å². The molecule has 150 valence electrons. The number of hydrogen-bond donors (Lipinski definition) is 2. The second-order valence-corrected chi connectivity index (χ2v) is 7.40. The number of rotatable bonds is 3. The highest BCUT2D eigenvalue weighted by Gasteiger charge is 2.28. The highest BCUT2D eigenvalue weighted by molar-refractivity contribution is 6.06. The number of anilines is 1. The fourth-order valence-corrected chi connectivity index (χ4v) is 4.19. The molecular weight excluding hydrogens is 380 g/mol. The number of carbonyl (C=O) groups excluding carboxylic acids is 1. The molecule has 0 saturated heterocycles. The maximum atomic E-state index is 11.8. The minimum atomic E-state index is -0.218. The van der Waals surface area contributed by atoms with E-state index in [1.165, 1.54) is 12.4 Å². The molecule has 9 heteroatoms. The molecular formula is C21H20N8O. The summed E-state index contributed by atoms with van der Waals surface area (Å²) in [4.78, 5) is 25.1. The SMILES string of the molecule is C=CC(=O)N[C@H]1C=C(C)c2c(-c3cnc4nn(C)cc4c3)c3c(N)ncnc3n2C1. The lowest BCUT2D eigenvalue weighted by atomic mass is 9.97. The summed E-state index contributed by atoms with van der Waals surface area (Å²) in [5, 5.41) is 9.01. The lowest BCUT2D eigenvalue weighted by Crippen LogP contribution is -2.37. The van der Waals surface area contributed by atoms with Crippen molar-refractivity contribution in [1.29, 1.82) is 0 Å². The number of nitrogen functional groups attached to an aromatic ring is 1. The molecule has 3 N–H and O–H groups in total. The van der Waals surface area contributed by atoms with E-state index in [1.807, 2.05) is 26.2 Å². The summed E-state index contributed by atoms with van der Waals surface area (Å²) in [5.74, 6) is 0.187. The number of amides is 1. The number of nitrogens with zero attached hydrogens (tertiary/aromatic N) is 6. The molecule has 0 bridgehead atoms. The number of pyridine rings is 1. The van der Waals surface area contributed by atoms with Gasteiger partial charge in [0.05, 0.1) is 17.1 Å². The first-order valence-corrected chi connectivity index (χ1v) is 9.50. The third-order valence-corrected chi connectivity index (χ3v) is 5.35. The van der Waals surface area contributed by atoms with E-state index in [0.29, 0.717) is 18.0 Å². The first-order chi connectivity index (χ1) is 14.5. The maximum Gasteiger partial charge on any atom is 0.243 e. The molecule has 0 aromatic carbocycles. The molecule has 1 amide bonds. The Morgan fingerprint density at radius 3 is 3.00 bits per heavy atom. The van der Waals surface area contributed by atoms with Gasteiger partial charge in [0.25, 0.3) is 0 Å². The van der Waals surface area contributed by atoms with E-state index >= 15 is 0 Å². The monoisotopic (exact) mass is 400 g/mol. The van der Waals surface area contributed by atoms with Crippen LogP contribution in [0.2, 0.25) is 0 Å². The predicted molar refractivity (Wildman–Crippen MR) is 115 cm³/mol. The van der Waals surface area contributed by atoms with E-state index in [0.717, 1.165) is 38.8 Å². The van der Waals surface area contributed by atoms with Gasteiger partial charge in [0.15, 0.2) is 5.65 Å². The van der Waals surface area contributed by atoms with E-state index in [-0.39, 0.29) is 11.9 Å². The summed E-state index contributed by atoms with van der Waals surface area (Å²) in [5.41, 5.74) is 11.6. The van der Waals surface area contributed by atoms with E-state index in [4.69, 9.17) is 5.73 Å². The molecule has 0 radical (unpaired) electrons. The molecule has 0 saturated carbocycles. The Balaban J connectivity index is 1.76. The standard InChI is InChI=1S/C21H20N8O/c1-4-15(30)26-14-5-11(2)18-16(12-6-13-8-28(3)27-20(13)23-7-12)17-19(22)24-10-25-21(17)29(18)9-14/h4-8,10,14H,1,9H2,2-3H3,(H,26,30)(H2,22,24,25)/t14-/m0/s1. The Kier molecular flexibility index (Phi) is 3.92. The number of nitrogens with one attached hydrogen (secondary N) is 1. The van der Waals surface area contributed by atoms with Crippen LogP contribution in [0.4, 0.5) is 5.82 Å². The Morgan fingerprint density at radius 2 is 2.20 bits per heavy atom. The van der Waals surface area contributed by atoms with E-state index in [2.05, 4.69) is 42.6 Å². The Morgan fingerprint density at radius 1 is 1.37 bits per heavy atom. The number of fused-ring (bicyclic) bond motifs is 4. The molecule has 0 unspecified atom stereocenters. The van der Waals surface area contributed by atoms with E-state index in [1.54, 1.807) is 10.9 Å². The first kappa shape index (κ1) is 18.0. The van der Waals surface area contributed by atoms with Gasteiger partial charge in [-0.15, -0.1) is 0 Å². The van der Waals surface area contributed by atoms with Crippen molar-refractivity contribution in [1.82, 2.24) is 34.6 Å². The van der Waals surface area contributed by atoms with Gasteiger partial charge in [-0.3, -0.25) is 9.48 Å². The molecule has 5 heterocycles. The van der Waals surface area contributed by atoms with Crippen LogP contribution in [0, 0.1) is 0 Å². The molecule has 9 nitrogen and oxygen atoms in total. The summed E-state index contributed by atoms with van der Waals surface area (Å²) in [6.07, 6.45) is 8.50. The third-order valence-electron chi connectivity index (χ3n) is 5.35. The number of carbonyl (C=O) groups is 1. The minimum Gasteiger partial charge on any atom is -0.383 e. The lowest BCUT2D eigenvalue weighted by molar-refractivity contribution is -0.116. The van der Waals surface area contributed by atoms with Gasteiger partial charge in [0.2, 0.25) is 5.91 Å². The normalized spacial score (nSPS) is 15.8.